The van der Waals surface area contributed by atoms with Gasteiger partial charge in [0, 0.05) is 32.6 Å². The Labute approximate surface area is 287 Å². The van der Waals surface area contributed by atoms with E-state index in [-0.39, 0.29) is 50.1 Å². The number of hydrogen-bond acceptors (Lipinski definition) is 8. The first kappa shape index (κ1) is 41.7. The number of aliphatic hydroxyl groups is 1. The zero-order valence-electron chi connectivity index (χ0n) is 30.3. The molecule has 0 saturated carbocycles. The van der Waals surface area contributed by atoms with Gasteiger partial charge in [-0.3, -0.25) is 0 Å². The number of unbranched alkanes of at least 4 members (excludes halogenated alkanes) is 13. The summed E-state index contributed by atoms with van der Waals surface area (Å²) < 4.78 is 34.2. The molecule has 2 heterocycles. The summed E-state index contributed by atoms with van der Waals surface area (Å²) >= 11 is 0. The SMILES string of the molecule is CCCCCCCCCCCC[C@@H](OCOC)[C@H]1CC[C@H]([C@@H](CC#CC[C@@H](O)CCCCCCCC2=C[C@H](C)OC2=O)OCOC)O1. The Hall–Kier alpha value is -1.47. The van der Waals surface area contributed by atoms with Crippen molar-refractivity contribution in [2.24, 2.45) is 0 Å². The molecular formula is C39H68O8. The van der Waals surface area contributed by atoms with Gasteiger partial charge in [-0.25, -0.2) is 4.79 Å². The van der Waals surface area contributed by atoms with Crippen molar-refractivity contribution >= 4 is 5.97 Å². The molecule has 2 aliphatic rings. The molecule has 0 aliphatic carbocycles. The average Bonchev–Trinajstić information content (AvgIpc) is 3.68. The molecule has 272 valence electrons. The van der Waals surface area contributed by atoms with E-state index in [9.17, 15) is 9.90 Å². The van der Waals surface area contributed by atoms with Gasteiger partial charge in [-0.2, -0.15) is 0 Å². The van der Waals surface area contributed by atoms with E-state index in [1.165, 1.54) is 57.8 Å². The number of aliphatic hydroxyl groups excluding tert-OH is 1. The quantitative estimate of drug-likeness (QED) is 0.0368. The van der Waals surface area contributed by atoms with Crippen molar-refractivity contribution < 1.29 is 38.3 Å². The van der Waals surface area contributed by atoms with Crippen LogP contribution in [0.1, 0.15) is 155 Å². The fourth-order valence-corrected chi connectivity index (χ4v) is 6.56. The highest BCUT2D eigenvalue weighted by Crippen LogP contribution is 2.30. The molecule has 0 radical (unpaired) electrons. The number of cyclic esters (lactones) is 1. The summed E-state index contributed by atoms with van der Waals surface area (Å²) in [6, 6.07) is 0. The first-order chi connectivity index (χ1) is 23.0. The molecule has 0 aromatic rings. The molecule has 2 rings (SSSR count). The van der Waals surface area contributed by atoms with Crippen molar-refractivity contribution in [2.45, 2.75) is 192 Å². The van der Waals surface area contributed by atoms with Gasteiger partial charge in [0.25, 0.3) is 0 Å². The summed E-state index contributed by atoms with van der Waals surface area (Å²) in [7, 11) is 3.29. The Morgan fingerprint density at radius 3 is 1.89 bits per heavy atom. The van der Waals surface area contributed by atoms with Crippen LogP contribution in [0.2, 0.25) is 0 Å². The molecule has 0 amide bonds. The van der Waals surface area contributed by atoms with Crippen molar-refractivity contribution in [2.75, 3.05) is 27.8 Å². The van der Waals surface area contributed by atoms with Crippen LogP contribution in [0.3, 0.4) is 0 Å². The highest BCUT2D eigenvalue weighted by Gasteiger charge is 2.36. The van der Waals surface area contributed by atoms with Crippen LogP contribution in [0.25, 0.3) is 0 Å². The van der Waals surface area contributed by atoms with E-state index >= 15 is 0 Å². The molecule has 1 saturated heterocycles. The number of esters is 1. The molecule has 0 spiro atoms. The van der Waals surface area contributed by atoms with Crippen LogP contribution in [0.4, 0.5) is 0 Å². The molecule has 1 fully saturated rings. The molecule has 0 unspecified atom stereocenters. The topological polar surface area (TPSA) is 92.7 Å². The van der Waals surface area contributed by atoms with Crippen molar-refractivity contribution in [1.82, 2.24) is 0 Å². The number of rotatable bonds is 29. The van der Waals surface area contributed by atoms with Crippen LogP contribution in [0.15, 0.2) is 11.6 Å². The van der Waals surface area contributed by atoms with Crippen molar-refractivity contribution in [1.29, 1.82) is 0 Å². The first-order valence-corrected chi connectivity index (χ1v) is 18.9. The predicted octanol–water partition coefficient (Wildman–Crippen LogP) is 8.57. The molecule has 8 nitrogen and oxygen atoms in total. The first-order valence-electron chi connectivity index (χ1n) is 18.9. The second kappa shape index (κ2) is 27.4. The van der Waals surface area contributed by atoms with E-state index in [1.807, 2.05) is 13.0 Å². The summed E-state index contributed by atoms with van der Waals surface area (Å²) in [6.07, 6.45) is 25.0. The Kier molecular flexibility index (Phi) is 24.3. The Balaban J connectivity index is 1.65. The van der Waals surface area contributed by atoms with E-state index in [1.54, 1.807) is 14.2 Å². The number of carbonyl (C=O) groups is 1. The third-order valence-electron chi connectivity index (χ3n) is 9.30. The molecule has 0 aromatic carbocycles. The lowest BCUT2D eigenvalue weighted by molar-refractivity contribution is -0.156. The molecule has 8 heteroatoms. The average molecular weight is 665 g/mol. The maximum atomic E-state index is 11.7. The number of hydrogen-bond donors (Lipinski definition) is 1. The molecule has 2 aliphatic heterocycles. The van der Waals surface area contributed by atoms with Crippen molar-refractivity contribution in [3.8, 4) is 11.8 Å². The minimum Gasteiger partial charge on any atom is -0.455 e. The van der Waals surface area contributed by atoms with E-state index < -0.39 is 6.10 Å². The second-order valence-corrected chi connectivity index (χ2v) is 13.5. The summed E-state index contributed by atoms with van der Waals surface area (Å²) in [5.74, 6) is 6.25. The summed E-state index contributed by atoms with van der Waals surface area (Å²) in [5.41, 5.74) is 0.820. The van der Waals surface area contributed by atoms with Crippen LogP contribution in [0.5, 0.6) is 0 Å². The minimum atomic E-state index is -0.419. The van der Waals surface area contributed by atoms with E-state index in [0.29, 0.717) is 12.8 Å². The Morgan fingerprint density at radius 1 is 0.766 bits per heavy atom. The van der Waals surface area contributed by atoms with Gasteiger partial charge < -0.3 is 33.5 Å². The molecule has 0 bridgehead atoms. The van der Waals surface area contributed by atoms with Gasteiger partial charge in [-0.1, -0.05) is 96.8 Å². The molecule has 6 atom stereocenters. The van der Waals surface area contributed by atoms with Gasteiger partial charge in [0.05, 0.1) is 30.5 Å². The van der Waals surface area contributed by atoms with E-state index in [2.05, 4.69) is 18.8 Å². The predicted molar refractivity (Wildman–Crippen MR) is 187 cm³/mol. The lowest BCUT2D eigenvalue weighted by Gasteiger charge is -2.26. The van der Waals surface area contributed by atoms with Crippen molar-refractivity contribution in [3.05, 3.63) is 11.6 Å². The van der Waals surface area contributed by atoms with E-state index in [4.69, 9.17) is 28.4 Å². The monoisotopic (exact) mass is 664 g/mol. The van der Waals surface area contributed by atoms with Gasteiger partial charge in [-0.15, -0.1) is 11.8 Å². The van der Waals surface area contributed by atoms with Gasteiger partial charge in [0.1, 0.15) is 19.7 Å². The van der Waals surface area contributed by atoms with Crippen molar-refractivity contribution in [3.63, 3.8) is 0 Å². The Morgan fingerprint density at radius 2 is 1.30 bits per heavy atom. The molecule has 47 heavy (non-hydrogen) atoms. The molecule has 1 N–H and O–H groups in total. The number of ether oxygens (including phenoxy) is 6. The lowest BCUT2D eigenvalue weighted by Crippen LogP contribution is -2.34. The van der Waals surface area contributed by atoms with Gasteiger partial charge in [0.15, 0.2) is 0 Å². The van der Waals surface area contributed by atoms with Gasteiger partial charge >= 0.3 is 5.97 Å². The standard InChI is InChI=1S/C39H68O8/c1-5-6-7-8-9-10-11-12-16-19-25-35(44-30-42-3)37-27-28-38(47-37)36(45-31-43-4)26-21-20-24-34(40)23-18-15-13-14-17-22-33-29-32(2)46-39(33)41/h29,32,34-38,40H,5-19,22-28,30-31H2,1-4H3/t32-,34-,35+,36+,37+,38+/m0/s1. The van der Waals surface area contributed by atoms with E-state index in [0.717, 1.165) is 76.2 Å². The van der Waals surface area contributed by atoms with Crippen LogP contribution < -0.4 is 0 Å². The molecular weight excluding hydrogens is 596 g/mol. The van der Waals surface area contributed by atoms with Gasteiger partial charge in [0.2, 0.25) is 0 Å². The second-order valence-electron chi connectivity index (χ2n) is 13.5. The van der Waals surface area contributed by atoms with Crippen LogP contribution in [-0.4, -0.2) is 75.5 Å². The van der Waals surface area contributed by atoms with Crippen LogP contribution in [-0.2, 0) is 33.2 Å². The zero-order valence-corrected chi connectivity index (χ0v) is 30.3. The smallest absolute Gasteiger partial charge is 0.334 e. The zero-order chi connectivity index (χ0) is 34.0. The highest BCUT2D eigenvalue weighted by molar-refractivity contribution is 5.90. The minimum absolute atomic E-state index is 0.0191. The summed E-state index contributed by atoms with van der Waals surface area (Å²) in [4.78, 5) is 11.7. The van der Waals surface area contributed by atoms with Gasteiger partial charge in [-0.05, 0) is 51.5 Å². The maximum Gasteiger partial charge on any atom is 0.334 e. The Bertz CT molecular complexity index is 880. The third kappa shape index (κ3) is 19.3. The third-order valence-corrected chi connectivity index (χ3v) is 9.30. The highest BCUT2D eigenvalue weighted by atomic mass is 16.7. The normalized spacial score (nSPS) is 21.3. The molecule has 0 aromatic heterocycles. The summed E-state index contributed by atoms with van der Waals surface area (Å²) in [6.45, 7) is 4.64. The summed E-state index contributed by atoms with van der Waals surface area (Å²) in [5, 5.41) is 10.4. The fourth-order valence-electron chi connectivity index (χ4n) is 6.56. The number of methoxy groups -OCH3 is 2. The van der Waals surface area contributed by atoms with Crippen LogP contribution >= 0.6 is 0 Å². The lowest BCUT2D eigenvalue weighted by atomic mass is 10.0. The van der Waals surface area contributed by atoms with Crippen LogP contribution in [0, 0.1) is 11.8 Å². The largest absolute Gasteiger partial charge is 0.455 e. The maximum absolute atomic E-state index is 11.7. The fraction of sp³-hybridized carbons (Fsp3) is 0.872. The number of carbonyl (C=O) groups excluding carboxylic acids is 1.